The summed E-state index contributed by atoms with van der Waals surface area (Å²) in [6.45, 7) is 0. The summed E-state index contributed by atoms with van der Waals surface area (Å²) in [7, 11) is 0. The number of aliphatic carboxylic acids is 1. The molecule has 0 saturated carbocycles. The van der Waals surface area contributed by atoms with Gasteiger partial charge >= 0.3 is 5.97 Å². The average molecular weight is 290 g/mol. The second-order valence-corrected chi connectivity index (χ2v) is 5.79. The molecule has 20 heavy (non-hydrogen) atoms. The van der Waals surface area contributed by atoms with Gasteiger partial charge in [0.15, 0.2) is 5.82 Å². The van der Waals surface area contributed by atoms with Gasteiger partial charge in [0.05, 0.1) is 11.5 Å². The molecular weight excluding hydrogens is 276 g/mol. The molecule has 6 heteroatoms. The number of fused-ring (bicyclic) bond motifs is 1. The third-order valence-electron chi connectivity index (χ3n) is 3.35. The van der Waals surface area contributed by atoms with E-state index in [-0.39, 0.29) is 11.7 Å². The van der Waals surface area contributed by atoms with Crippen LogP contribution in [0.5, 0.6) is 0 Å². The molecule has 3 rings (SSSR count). The van der Waals surface area contributed by atoms with Gasteiger partial charge in [-0.15, -0.1) is 11.8 Å². The van der Waals surface area contributed by atoms with Crippen molar-refractivity contribution >= 4 is 17.7 Å². The minimum atomic E-state index is -0.832. The van der Waals surface area contributed by atoms with Crippen molar-refractivity contribution in [3.8, 4) is 0 Å². The number of thioether (sulfide) groups is 1. The minimum Gasteiger partial charge on any atom is -0.481 e. The molecule has 1 aromatic carbocycles. The Labute approximate surface area is 120 Å². The van der Waals surface area contributed by atoms with Gasteiger partial charge in [-0.2, -0.15) is 4.98 Å². The van der Waals surface area contributed by atoms with Gasteiger partial charge in [-0.1, -0.05) is 29.4 Å². The number of carboxylic acid groups (broad SMARTS) is 1. The van der Waals surface area contributed by atoms with Crippen LogP contribution in [0.15, 0.2) is 28.8 Å². The van der Waals surface area contributed by atoms with E-state index in [4.69, 9.17) is 9.63 Å². The van der Waals surface area contributed by atoms with Crippen LogP contribution in [-0.2, 0) is 23.4 Å². The van der Waals surface area contributed by atoms with Crippen molar-refractivity contribution in [2.24, 2.45) is 0 Å². The Morgan fingerprint density at radius 2 is 2.05 bits per heavy atom. The minimum absolute atomic E-state index is 0.0482. The number of hydrogen-bond donors (Lipinski definition) is 1. The highest BCUT2D eigenvalue weighted by Gasteiger charge is 2.26. The largest absolute Gasteiger partial charge is 0.481 e. The van der Waals surface area contributed by atoms with Crippen LogP contribution < -0.4 is 0 Å². The van der Waals surface area contributed by atoms with Gasteiger partial charge < -0.3 is 9.63 Å². The summed E-state index contributed by atoms with van der Waals surface area (Å²) in [5.41, 5.74) is 2.70. The number of hydrogen-bond acceptors (Lipinski definition) is 5. The van der Waals surface area contributed by atoms with Gasteiger partial charge in [0.25, 0.3) is 0 Å². The first-order chi connectivity index (χ1) is 9.72. The Kier molecular flexibility index (Phi) is 3.73. The van der Waals surface area contributed by atoms with Crippen LogP contribution in [-0.4, -0.2) is 27.0 Å². The van der Waals surface area contributed by atoms with Crippen molar-refractivity contribution in [2.45, 2.75) is 24.5 Å². The lowest BCUT2D eigenvalue weighted by atomic mass is 10.1. The summed E-state index contributed by atoms with van der Waals surface area (Å²) in [6.07, 6.45) is 1.88. The molecule has 0 radical (unpaired) electrons. The zero-order valence-electron chi connectivity index (χ0n) is 10.8. The average Bonchev–Trinajstić information content (AvgIpc) is 3.03. The SMILES string of the molecule is O=C(O)CSCc1nc(C2Cc3ccccc3C2)no1. The maximum Gasteiger partial charge on any atom is 0.313 e. The highest BCUT2D eigenvalue weighted by Crippen LogP contribution is 2.32. The summed E-state index contributed by atoms with van der Waals surface area (Å²) >= 11 is 1.26. The summed E-state index contributed by atoms with van der Waals surface area (Å²) in [5, 5.41) is 12.6. The lowest BCUT2D eigenvalue weighted by Crippen LogP contribution is -2.01. The molecule has 0 unspecified atom stereocenters. The number of nitrogens with zero attached hydrogens (tertiary/aromatic N) is 2. The van der Waals surface area contributed by atoms with E-state index in [0.29, 0.717) is 11.6 Å². The Morgan fingerprint density at radius 1 is 1.35 bits per heavy atom. The molecule has 0 atom stereocenters. The van der Waals surface area contributed by atoms with Crippen LogP contribution >= 0.6 is 11.8 Å². The lowest BCUT2D eigenvalue weighted by molar-refractivity contribution is -0.133. The molecule has 1 aromatic heterocycles. The smallest absolute Gasteiger partial charge is 0.313 e. The Balaban J connectivity index is 1.62. The van der Waals surface area contributed by atoms with Crippen molar-refractivity contribution in [3.63, 3.8) is 0 Å². The second kappa shape index (κ2) is 5.66. The summed E-state index contributed by atoms with van der Waals surface area (Å²) < 4.78 is 5.18. The molecule has 2 aromatic rings. The van der Waals surface area contributed by atoms with Crippen LogP contribution in [0.3, 0.4) is 0 Å². The molecule has 1 aliphatic carbocycles. The van der Waals surface area contributed by atoms with E-state index in [2.05, 4.69) is 22.3 Å². The molecule has 0 saturated heterocycles. The fourth-order valence-corrected chi connectivity index (χ4v) is 3.03. The maximum atomic E-state index is 10.4. The third kappa shape index (κ3) is 2.85. The number of carbonyl (C=O) groups is 1. The molecule has 0 bridgehead atoms. The van der Waals surface area contributed by atoms with Gasteiger partial charge in [-0.3, -0.25) is 4.79 Å². The van der Waals surface area contributed by atoms with E-state index in [1.54, 1.807) is 0 Å². The molecule has 0 fully saturated rings. The van der Waals surface area contributed by atoms with E-state index >= 15 is 0 Å². The predicted octanol–water partition coefficient (Wildman–Crippen LogP) is 2.27. The zero-order chi connectivity index (χ0) is 13.9. The standard InChI is InChI=1S/C14H14N2O3S/c17-13(18)8-20-7-12-15-14(16-19-12)11-5-9-3-1-2-4-10(9)6-11/h1-4,11H,5-8H2,(H,17,18). The van der Waals surface area contributed by atoms with Crippen molar-refractivity contribution in [3.05, 3.63) is 47.1 Å². The number of aromatic nitrogens is 2. The molecule has 0 amide bonds. The second-order valence-electron chi connectivity index (χ2n) is 4.81. The van der Waals surface area contributed by atoms with E-state index in [9.17, 15) is 4.79 Å². The van der Waals surface area contributed by atoms with E-state index in [1.165, 1.54) is 22.9 Å². The van der Waals surface area contributed by atoms with Gasteiger partial charge in [0.1, 0.15) is 0 Å². The maximum absolute atomic E-state index is 10.4. The zero-order valence-corrected chi connectivity index (χ0v) is 11.6. The highest BCUT2D eigenvalue weighted by atomic mass is 32.2. The van der Waals surface area contributed by atoms with Crippen molar-refractivity contribution in [1.29, 1.82) is 0 Å². The Hall–Kier alpha value is -1.82. The van der Waals surface area contributed by atoms with Crippen LogP contribution in [0.4, 0.5) is 0 Å². The first-order valence-electron chi connectivity index (χ1n) is 6.41. The molecule has 0 aliphatic heterocycles. The van der Waals surface area contributed by atoms with Crippen LogP contribution in [0.1, 0.15) is 28.8 Å². The summed E-state index contributed by atoms with van der Waals surface area (Å²) in [6, 6.07) is 8.37. The lowest BCUT2D eigenvalue weighted by Gasteiger charge is -2.00. The quantitative estimate of drug-likeness (QED) is 0.910. The normalized spacial score (nSPS) is 14.4. The molecule has 1 heterocycles. The molecular formula is C14H14N2O3S. The fraction of sp³-hybridized carbons (Fsp3) is 0.357. The summed E-state index contributed by atoms with van der Waals surface area (Å²) in [5.74, 6) is 1.16. The topological polar surface area (TPSA) is 76.2 Å². The van der Waals surface area contributed by atoms with E-state index < -0.39 is 5.97 Å². The first kappa shape index (κ1) is 13.2. The van der Waals surface area contributed by atoms with Crippen LogP contribution in [0.2, 0.25) is 0 Å². The van der Waals surface area contributed by atoms with Gasteiger partial charge in [-0.05, 0) is 24.0 Å². The van der Waals surface area contributed by atoms with Crippen LogP contribution in [0.25, 0.3) is 0 Å². The molecule has 0 spiro atoms. The van der Waals surface area contributed by atoms with Gasteiger partial charge in [0.2, 0.25) is 5.89 Å². The predicted molar refractivity (Wildman–Crippen MR) is 74.7 cm³/mol. The fourth-order valence-electron chi connectivity index (χ4n) is 2.46. The van der Waals surface area contributed by atoms with Crippen LogP contribution in [0, 0.1) is 0 Å². The van der Waals surface area contributed by atoms with E-state index in [0.717, 1.165) is 18.7 Å². The number of rotatable bonds is 5. The Morgan fingerprint density at radius 3 is 2.70 bits per heavy atom. The molecule has 1 aliphatic rings. The van der Waals surface area contributed by atoms with Crippen molar-refractivity contribution in [2.75, 3.05) is 5.75 Å². The number of benzene rings is 1. The van der Waals surface area contributed by atoms with Crippen molar-refractivity contribution < 1.29 is 14.4 Å². The molecule has 104 valence electrons. The molecule has 1 N–H and O–H groups in total. The number of carboxylic acids is 1. The van der Waals surface area contributed by atoms with Gasteiger partial charge in [-0.25, -0.2) is 0 Å². The first-order valence-corrected chi connectivity index (χ1v) is 7.56. The Bertz CT molecular complexity index is 601. The van der Waals surface area contributed by atoms with Crippen molar-refractivity contribution in [1.82, 2.24) is 10.1 Å². The van der Waals surface area contributed by atoms with E-state index in [1.807, 2.05) is 12.1 Å². The third-order valence-corrected chi connectivity index (χ3v) is 4.25. The monoisotopic (exact) mass is 290 g/mol. The summed E-state index contributed by atoms with van der Waals surface area (Å²) in [4.78, 5) is 14.8. The molecule has 5 nitrogen and oxygen atoms in total. The van der Waals surface area contributed by atoms with Gasteiger partial charge in [0, 0.05) is 5.92 Å². The highest BCUT2D eigenvalue weighted by molar-refractivity contribution is 7.99.